The van der Waals surface area contributed by atoms with Crippen LogP contribution in [0.2, 0.25) is 5.02 Å². The van der Waals surface area contributed by atoms with Crippen molar-refractivity contribution in [3.63, 3.8) is 0 Å². The Bertz CT molecular complexity index is 321. The van der Waals surface area contributed by atoms with E-state index in [1.165, 1.54) is 12.1 Å². The molecule has 0 saturated heterocycles. The molecule has 0 saturated carbocycles. The van der Waals surface area contributed by atoms with Crippen LogP contribution in [0, 0.1) is 5.82 Å². The van der Waals surface area contributed by atoms with Gasteiger partial charge in [0, 0.05) is 10.8 Å². The molecule has 66 valence electrons. The maximum absolute atomic E-state index is 12.4. The van der Waals surface area contributed by atoms with Gasteiger partial charge in [0.25, 0.3) is 0 Å². The van der Waals surface area contributed by atoms with Crippen LogP contribution in [-0.4, -0.2) is 8.76 Å². The Balaban J connectivity index is 0.00000144. The summed E-state index contributed by atoms with van der Waals surface area (Å²) >= 11 is 3.37. The first-order valence-electron chi connectivity index (χ1n) is 3.09. The first kappa shape index (κ1) is 13.5. The molecule has 0 amide bonds. The van der Waals surface area contributed by atoms with Crippen LogP contribution in [0.25, 0.3) is 0 Å². The molecule has 0 bridgehead atoms. The summed E-state index contributed by atoms with van der Waals surface area (Å²) in [5.41, 5.74) is 0.409. The zero-order valence-electron chi connectivity index (χ0n) is 6.92. The molecule has 1 aromatic rings. The monoisotopic (exact) mass is 230 g/mol. The van der Waals surface area contributed by atoms with Gasteiger partial charge in [0.15, 0.2) is 0 Å². The van der Waals surface area contributed by atoms with Gasteiger partial charge in [0.1, 0.15) is 5.82 Å². The second-order valence-electron chi connectivity index (χ2n) is 2.18. The number of benzene rings is 1. The summed E-state index contributed by atoms with van der Waals surface area (Å²) in [5, 5.41) is 0.138. The van der Waals surface area contributed by atoms with E-state index < -0.39 is 16.9 Å². The first-order valence-corrected chi connectivity index (χ1v) is 4.71. The molecule has 0 N–H and O–H groups in total. The van der Waals surface area contributed by atoms with Crippen LogP contribution in [0.3, 0.4) is 0 Å². The van der Waals surface area contributed by atoms with E-state index in [1.807, 2.05) is 0 Å². The summed E-state index contributed by atoms with van der Waals surface area (Å²) < 4.78 is 33.0. The van der Waals surface area contributed by atoms with E-state index in [0.717, 1.165) is 6.07 Å². The van der Waals surface area contributed by atoms with Gasteiger partial charge in [-0.05, 0) is 17.7 Å². The molecule has 0 heterocycles. The topological polar surface area (TPSA) is 40.1 Å². The first-order chi connectivity index (χ1) is 5.59. The fourth-order valence-corrected chi connectivity index (χ4v) is 1.58. The third-order valence-electron chi connectivity index (χ3n) is 1.29. The SMILES string of the molecule is O=S([O-])Cc1ccc(F)cc1Cl.[Na+]. The van der Waals surface area contributed by atoms with E-state index in [9.17, 15) is 13.2 Å². The van der Waals surface area contributed by atoms with Crippen LogP contribution in [0.4, 0.5) is 4.39 Å². The van der Waals surface area contributed by atoms with Crippen molar-refractivity contribution in [2.75, 3.05) is 0 Å². The Morgan fingerprint density at radius 1 is 1.54 bits per heavy atom. The zero-order valence-corrected chi connectivity index (χ0v) is 10.5. The molecule has 1 rings (SSSR count). The summed E-state index contributed by atoms with van der Waals surface area (Å²) in [6, 6.07) is 3.62. The smallest absolute Gasteiger partial charge is 0.772 e. The Morgan fingerprint density at radius 2 is 2.15 bits per heavy atom. The number of halogens is 2. The molecule has 0 aromatic heterocycles. The molecule has 0 aliphatic carbocycles. The van der Waals surface area contributed by atoms with Gasteiger partial charge in [-0.25, -0.2) is 4.39 Å². The van der Waals surface area contributed by atoms with Crippen molar-refractivity contribution < 1.29 is 42.7 Å². The molecule has 1 aromatic carbocycles. The predicted molar refractivity (Wildman–Crippen MR) is 44.0 cm³/mol. The van der Waals surface area contributed by atoms with Gasteiger partial charge in [0.2, 0.25) is 0 Å². The fourth-order valence-electron chi connectivity index (χ4n) is 0.766. The molecule has 0 aliphatic rings. The van der Waals surface area contributed by atoms with Gasteiger partial charge in [0.05, 0.1) is 0 Å². The van der Waals surface area contributed by atoms with Crippen LogP contribution in [0.5, 0.6) is 0 Å². The van der Waals surface area contributed by atoms with Crippen molar-refractivity contribution >= 4 is 22.7 Å². The Kier molecular flexibility index (Phi) is 6.37. The summed E-state index contributed by atoms with van der Waals surface area (Å²) in [6.07, 6.45) is 0. The van der Waals surface area contributed by atoms with Crippen molar-refractivity contribution in [1.29, 1.82) is 0 Å². The number of hydrogen-bond donors (Lipinski definition) is 0. The van der Waals surface area contributed by atoms with E-state index in [4.69, 9.17) is 11.6 Å². The maximum Gasteiger partial charge on any atom is 1.00 e. The van der Waals surface area contributed by atoms with Gasteiger partial charge in [-0.3, -0.25) is 4.21 Å². The number of rotatable bonds is 2. The van der Waals surface area contributed by atoms with Gasteiger partial charge in [-0.15, -0.1) is 0 Å². The van der Waals surface area contributed by atoms with Crippen LogP contribution < -0.4 is 29.6 Å². The third kappa shape index (κ3) is 4.54. The van der Waals surface area contributed by atoms with Crippen molar-refractivity contribution in [1.82, 2.24) is 0 Å². The molecule has 0 spiro atoms. The second kappa shape index (κ2) is 6.11. The Labute approximate surface area is 105 Å². The van der Waals surface area contributed by atoms with Crippen LogP contribution in [-0.2, 0) is 16.8 Å². The van der Waals surface area contributed by atoms with Crippen LogP contribution >= 0.6 is 11.6 Å². The standard InChI is InChI=1S/C7H6ClFO2S.Na/c8-7-3-6(9)2-1-5(7)4-12(10)11;/h1-3H,4H2,(H,10,11);/q;+1/p-1. The Hall–Kier alpha value is 0.550. The van der Waals surface area contributed by atoms with Crippen molar-refractivity contribution in [2.45, 2.75) is 5.75 Å². The van der Waals surface area contributed by atoms with E-state index in [0.29, 0.717) is 5.56 Å². The molecule has 1 atom stereocenters. The predicted octanol–water partition coefficient (Wildman–Crippen LogP) is -1.14. The minimum absolute atomic E-state index is 0. The average molecular weight is 231 g/mol. The van der Waals surface area contributed by atoms with E-state index in [-0.39, 0.29) is 40.3 Å². The molecule has 13 heavy (non-hydrogen) atoms. The minimum Gasteiger partial charge on any atom is -0.772 e. The quantitative estimate of drug-likeness (QED) is 0.476. The van der Waals surface area contributed by atoms with E-state index in [1.54, 1.807) is 0 Å². The van der Waals surface area contributed by atoms with Gasteiger partial charge in [-0.2, -0.15) is 0 Å². The maximum atomic E-state index is 12.4. The number of hydrogen-bond acceptors (Lipinski definition) is 2. The molecule has 0 radical (unpaired) electrons. The largest absolute Gasteiger partial charge is 1.00 e. The van der Waals surface area contributed by atoms with Gasteiger partial charge >= 0.3 is 29.6 Å². The van der Waals surface area contributed by atoms with Crippen molar-refractivity contribution in [3.05, 3.63) is 34.6 Å². The van der Waals surface area contributed by atoms with E-state index in [2.05, 4.69) is 0 Å². The fraction of sp³-hybridized carbons (Fsp3) is 0.143. The van der Waals surface area contributed by atoms with Crippen LogP contribution in [0.15, 0.2) is 18.2 Å². The molecular weight excluding hydrogens is 226 g/mol. The minimum atomic E-state index is -2.19. The average Bonchev–Trinajstić information content (AvgIpc) is 1.94. The van der Waals surface area contributed by atoms with Crippen molar-refractivity contribution in [3.8, 4) is 0 Å². The van der Waals surface area contributed by atoms with Gasteiger partial charge in [-0.1, -0.05) is 28.7 Å². The summed E-state index contributed by atoms with van der Waals surface area (Å²) in [5.74, 6) is -0.653. The van der Waals surface area contributed by atoms with E-state index >= 15 is 0 Å². The summed E-state index contributed by atoms with van der Waals surface area (Å²) in [7, 11) is 0. The van der Waals surface area contributed by atoms with Crippen molar-refractivity contribution in [2.24, 2.45) is 0 Å². The Morgan fingerprint density at radius 3 is 2.62 bits per heavy atom. The second-order valence-corrected chi connectivity index (χ2v) is 3.49. The molecule has 0 aliphatic heterocycles. The third-order valence-corrected chi connectivity index (χ3v) is 2.19. The van der Waals surface area contributed by atoms with Gasteiger partial charge < -0.3 is 4.55 Å². The van der Waals surface area contributed by atoms with Crippen LogP contribution in [0.1, 0.15) is 5.56 Å². The summed E-state index contributed by atoms with van der Waals surface area (Å²) in [4.78, 5) is 0. The molecule has 2 nitrogen and oxygen atoms in total. The molecule has 0 fully saturated rings. The summed E-state index contributed by atoms with van der Waals surface area (Å²) in [6.45, 7) is 0. The molecule has 1 unspecified atom stereocenters. The molecule has 6 heteroatoms. The molecular formula is C7H5ClFNaO2S. The normalized spacial score (nSPS) is 11.9. The zero-order chi connectivity index (χ0) is 9.14.